The number of aromatic nitrogens is 1. The van der Waals surface area contributed by atoms with Gasteiger partial charge in [0.2, 0.25) is 0 Å². The zero-order valence-corrected chi connectivity index (χ0v) is 9.27. The minimum absolute atomic E-state index is 0.173. The summed E-state index contributed by atoms with van der Waals surface area (Å²) in [5.41, 5.74) is 1.37. The highest BCUT2D eigenvalue weighted by atomic mass is 19.1. The number of nitrogens with zero attached hydrogens (tertiary/aromatic N) is 1. The van der Waals surface area contributed by atoms with Gasteiger partial charge in [0.05, 0.1) is 5.69 Å². The molecule has 0 aliphatic rings. The number of rotatable bonds is 2. The number of hydrogen-bond acceptors (Lipinski definition) is 2. The predicted octanol–water partition coefficient (Wildman–Crippen LogP) is 2.78. The van der Waals surface area contributed by atoms with E-state index in [9.17, 15) is 9.18 Å². The minimum atomic E-state index is -0.452. The maximum absolute atomic E-state index is 13.3. The molecule has 0 saturated carbocycles. The number of anilines is 1. The topological polar surface area (TPSA) is 42.0 Å². The van der Waals surface area contributed by atoms with E-state index in [2.05, 4.69) is 10.3 Å². The lowest BCUT2D eigenvalue weighted by Gasteiger charge is -2.06. The Kier molecular flexibility index (Phi) is 3.14. The molecule has 2 aromatic rings. The highest BCUT2D eigenvalue weighted by Crippen LogP contribution is 2.14. The number of aryl methyl sites for hydroxylation is 1. The van der Waals surface area contributed by atoms with Gasteiger partial charge < -0.3 is 5.32 Å². The molecule has 86 valence electrons. The van der Waals surface area contributed by atoms with Gasteiger partial charge in [0.15, 0.2) is 0 Å². The van der Waals surface area contributed by atoms with Gasteiger partial charge >= 0.3 is 0 Å². The zero-order valence-electron chi connectivity index (χ0n) is 9.27. The number of halogens is 1. The maximum atomic E-state index is 13.3. The zero-order chi connectivity index (χ0) is 12.3. The van der Waals surface area contributed by atoms with E-state index in [1.54, 1.807) is 37.4 Å². The molecule has 17 heavy (non-hydrogen) atoms. The fourth-order valence-corrected chi connectivity index (χ4v) is 1.44. The molecule has 0 saturated heterocycles. The van der Waals surface area contributed by atoms with E-state index in [-0.39, 0.29) is 11.6 Å². The first kappa shape index (κ1) is 11.3. The molecule has 1 heterocycles. The van der Waals surface area contributed by atoms with Crippen LogP contribution in [0.15, 0.2) is 42.6 Å². The lowest BCUT2D eigenvalue weighted by Crippen LogP contribution is -2.13. The van der Waals surface area contributed by atoms with Gasteiger partial charge in [-0.3, -0.25) is 9.78 Å². The molecule has 1 amide bonds. The fraction of sp³-hybridized carbons (Fsp3) is 0.0769. The monoisotopic (exact) mass is 230 g/mol. The Morgan fingerprint density at radius 1 is 1.29 bits per heavy atom. The van der Waals surface area contributed by atoms with Crippen molar-refractivity contribution in [3.05, 3.63) is 59.7 Å². The molecule has 1 aromatic carbocycles. The predicted molar refractivity (Wildman–Crippen MR) is 63.3 cm³/mol. The van der Waals surface area contributed by atoms with Gasteiger partial charge in [0.1, 0.15) is 5.82 Å². The third kappa shape index (κ3) is 2.66. The van der Waals surface area contributed by atoms with E-state index in [4.69, 9.17) is 0 Å². The number of carbonyl (C=O) groups excluding carboxylic acids is 1. The van der Waals surface area contributed by atoms with Crippen LogP contribution >= 0.6 is 0 Å². The SMILES string of the molecule is Cc1cc(C(=O)Nc2ccccc2F)ccn1. The molecule has 0 fully saturated rings. The summed E-state index contributed by atoms with van der Waals surface area (Å²) in [6.45, 7) is 1.79. The Labute approximate surface area is 98.3 Å². The molecule has 0 unspecified atom stereocenters. The highest BCUT2D eigenvalue weighted by molar-refractivity contribution is 6.04. The number of carbonyl (C=O) groups is 1. The molecule has 1 aromatic heterocycles. The number of amides is 1. The summed E-state index contributed by atoms with van der Waals surface area (Å²) < 4.78 is 13.3. The molecule has 4 heteroatoms. The van der Waals surface area contributed by atoms with Gasteiger partial charge in [0, 0.05) is 17.5 Å². The van der Waals surface area contributed by atoms with Crippen LogP contribution in [0.25, 0.3) is 0 Å². The molecule has 0 atom stereocenters. The smallest absolute Gasteiger partial charge is 0.255 e. The van der Waals surface area contributed by atoms with E-state index in [1.807, 2.05) is 0 Å². The lowest BCUT2D eigenvalue weighted by molar-refractivity contribution is 0.102. The third-order valence-corrected chi connectivity index (χ3v) is 2.28. The molecule has 1 N–H and O–H groups in total. The van der Waals surface area contributed by atoms with E-state index in [0.29, 0.717) is 5.56 Å². The Balaban J connectivity index is 2.20. The van der Waals surface area contributed by atoms with Crippen LogP contribution in [0.5, 0.6) is 0 Å². The number of hydrogen-bond donors (Lipinski definition) is 1. The van der Waals surface area contributed by atoms with E-state index in [1.165, 1.54) is 12.1 Å². The number of para-hydroxylation sites is 1. The summed E-state index contributed by atoms with van der Waals surface area (Å²) in [6.07, 6.45) is 1.55. The third-order valence-electron chi connectivity index (χ3n) is 2.28. The van der Waals surface area contributed by atoms with Crippen LogP contribution in [0.3, 0.4) is 0 Å². The standard InChI is InChI=1S/C13H11FN2O/c1-9-8-10(6-7-15-9)13(17)16-12-5-3-2-4-11(12)14/h2-8H,1H3,(H,16,17). The van der Waals surface area contributed by atoms with Gasteiger partial charge in [-0.1, -0.05) is 12.1 Å². The lowest BCUT2D eigenvalue weighted by atomic mass is 10.2. The first-order chi connectivity index (χ1) is 8.16. The summed E-state index contributed by atoms with van der Waals surface area (Å²) >= 11 is 0. The van der Waals surface area contributed by atoms with Crippen LogP contribution in [-0.4, -0.2) is 10.9 Å². The highest BCUT2D eigenvalue weighted by Gasteiger charge is 2.08. The Morgan fingerprint density at radius 2 is 2.06 bits per heavy atom. The Bertz CT molecular complexity index is 555. The van der Waals surface area contributed by atoms with Crippen LogP contribution < -0.4 is 5.32 Å². The average Bonchev–Trinajstić information content (AvgIpc) is 2.32. The Morgan fingerprint density at radius 3 is 2.76 bits per heavy atom. The van der Waals surface area contributed by atoms with Gasteiger partial charge in [-0.15, -0.1) is 0 Å². The number of pyridine rings is 1. The quantitative estimate of drug-likeness (QED) is 0.861. The van der Waals surface area contributed by atoms with Gasteiger partial charge in [-0.2, -0.15) is 0 Å². The van der Waals surface area contributed by atoms with Crippen LogP contribution in [-0.2, 0) is 0 Å². The van der Waals surface area contributed by atoms with Crippen molar-refractivity contribution in [2.24, 2.45) is 0 Å². The molecule has 0 aliphatic heterocycles. The van der Waals surface area contributed by atoms with Crippen molar-refractivity contribution in [1.82, 2.24) is 4.98 Å². The summed E-state index contributed by atoms with van der Waals surface area (Å²) in [5.74, 6) is -0.799. The molecule has 2 rings (SSSR count). The van der Waals surface area contributed by atoms with E-state index >= 15 is 0 Å². The van der Waals surface area contributed by atoms with Crippen molar-refractivity contribution in [3.63, 3.8) is 0 Å². The Hall–Kier alpha value is -2.23. The summed E-state index contributed by atoms with van der Waals surface area (Å²) in [4.78, 5) is 15.8. The summed E-state index contributed by atoms with van der Waals surface area (Å²) in [6, 6.07) is 9.28. The van der Waals surface area contributed by atoms with E-state index in [0.717, 1.165) is 5.69 Å². The minimum Gasteiger partial charge on any atom is -0.319 e. The van der Waals surface area contributed by atoms with Crippen molar-refractivity contribution in [3.8, 4) is 0 Å². The van der Waals surface area contributed by atoms with Crippen molar-refractivity contribution in [2.45, 2.75) is 6.92 Å². The molecular formula is C13H11FN2O. The van der Waals surface area contributed by atoms with Crippen LogP contribution in [0.4, 0.5) is 10.1 Å². The fourth-order valence-electron chi connectivity index (χ4n) is 1.44. The second-order valence-corrected chi connectivity index (χ2v) is 3.62. The number of benzene rings is 1. The van der Waals surface area contributed by atoms with E-state index < -0.39 is 5.82 Å². The van der Waals surface area contributed by atoms with Gasteiger partial charge in [0.25, 0.3) is 5.91 Å². The molecular weight excluding hydrogens is 219 g/mol. The molecule has 0 bridgehead atoms. The first-order valence-corrected chi connectivity index (χ1v) is 5.15. The van der Waals surface area contributed by atoms with Gasteiger partial charge in [-0.05, 0) is 31.2 Å². The average molecular weight is 230 g/mol. The maximum Gasteiger partial charge on any atom is 0.255 e. The van der Waals surface area contributed by atoms with Crippen molar-refractivity contribution in [1.29, 1.82) is 0 Å². The summed E-state index contributed by atoms with van der Waals surface area (Å²) in [5, 5.41) is 2.51. The molecule has 0 radical (unpaired) electrons. The molecule has 0 aliphatic carbocycles. The van der Waals surface area contributed by atoms with Crippen molar-refractivity contribution < 1.29 is 9.18 Å². The van der Waals surface area contributed by atoms with Crippen LogP contribution in [0.2, 0.25) is 0 Å². The van der Waals surface area contributed by atoms with Crippen molar-refractivity contribution >= 4 is 11.6 Å². The second kappa shape index (κ2) is 4.74. The normalized spacial score (nSPS) is 10.0. The second-order valence-electron chi connectivity index (χ2n) is 3.62. The van der Waals surface area contributed by atoms with Gasteiger partial charge in [-0.25, -0.2) is 4.39 Å². The van der Waals surface area contributed by atoms with Crippen molar-refractivity contribution in [2.75, 3.05) is 5.32 Å². The summed E-state index contributed by atoms with van der Waals surface area (Å²) in [7, 11) is 0. The largest absolute Gasteiger partial charge is 0.319 e. The first-order valence-electron chi connectivity index (χ1n) is 5.15. The number of nitrogens with one attached hydrogen (secondary N) is 1. The molecule has 0 spiro atoms. The molecule has 3 nitrogen and oxygen atoms in total. The van der Waals surface area contributed by atoms with Crippen LogP contribution in [0.1, 0.15) is 16.1 Å². The van der Waals surface area contributed by atoms with Crippen LogP contribution in [0, 0.1) is 12.7 Å².